The van der Waals surface area contributed by atoms with Gasteiger partial charge in [-0.15, -0.1) is 0 Å². The molecule has 3 heteroatoms. The van der Waals surface area contributed by atoms with Crippen molar-refractivity contribution in [1.82, 2.24) is 10.2 Å². The van der Waals surface area contributed by atoms with E-state index in [1.165, 1.54) is 10.8 Å². The van der Waals surface area contributed by atoms with E-state index >= 15 is 0 Å². The molecular weight excluding hydrogens is 260 g/mol. The number of nitrogens with zero attached hydrogens (tertiary/aromatic N) is 1. The summed E-state index contributed by atoms with van der Waals surface area (Å²) in [4.78, 5) is 14.1. The van der Waals surface area contributed by atoms with Gasteiger partial charge in [-0.2, -0.15) is 0 Å². The highest BCUT2D eigenvalue weighted by Crippen LogP contribution is 2.20. The smallest absolute Gasteiger partial charge is 0.234 e. The molecule has 1 N–H and O–H groups in total. The average molecular weight is 284 g/mol. The predicted octanol–water partition coefficient (Wildman–Crippen LogP) is 3.36. The van der Waals surface area contributed by atoms with Crippen LogP contribution >= 0.6 is 0 Å². The van der Waals surface area contributed by atoms with Crippen molar-refractivity contribution in [2.24, 2.45) is 0 Å². The number of amides is 1. The van der Waals surface area contributed by atoms with Gasteiger partial charge in [0.1, 0.15) is 0 Å². The molecule has 0 saturated heterocycles. The van der Waals surface area contributed by atoms with Crippen LogP contribution in [-0.2, 0) is 4.79 Å². The maximum atomic E-state index is 12.1. The summed E-state index contributed by atoms with van der Waals surface area (Å²) >= 11 is 0. The van der Waals surface area contributed by atoms with Crippen molar-refractivity contribution in [3.8, 4) is 0 Å². The van der Waals surface area contributed by atoms with Gasteiger partial charge in [0.05, 0.1) is 12.6 Å². The summed E-state index contributed by atoms with van der Waals surface area (Å²) in [5, 5.41) is 5.49. The minimum absolute atomic E-state index is 0.0164. The Morgan fingerprint density at radius 3 is 2.43 bits per heavy atom. The molecule has 0 heterocycles. The second kappa shape index (κ2) is 6.72. The molecule has 0 aliphatic carbocycles. The molecule has 1 amide bonds. The zero-order valence-corrected chi connectivity index (χ0v) is 13.3. The first-order valence-corrected chi connectivity index (χ1v) is 7.45. The summed E-state index contributed by atoms with van der Waals surface area (Å²) in [6.07, 6.45) is 0. The molecule has 3 nitrogen and oxygen atoms in total. The summed E-state index contributed by atoms with van der Waals surface area (Å²) in [6, 6.07) is 15.0. The Balaban J connectivity index is 2.04. The molecule has 0 fully saturated rings. The van der Waals surface area contributed by atoms with Gasteiger partial charge >= 0.3 is 0 Å². The van der Waals surface area contributed by atoms with Crippen LogP contribution in [-0.4, -0.2) is 30.4 Å². The van der Waals surface area contributed by atoms with Crippen LogP contribution in [0, 0.1) is 0 Å². The van der Waals surface area contributed by atoms with Crippen molar-refractivity contribution in [2.75, 3.05) is 13.6 Å². The van der Waals surface area contributed by atoms with E-state index in [0.29, 0.717) is 12.6 Å². The van der Waals surface area contributed by atoms with Gasteiger partial charge in [0.2, 0.25) is 5.91 Å². The lowest BCUT2D eigenvalue weighted by Crippen LogP contribution is -2.39. The normalized spacial score (nSPS) is 12.9. The summed E-state index contributed by atoms with van der Waals surface area (Å²) in [7, 11) is 1.96. The highest BCUT2D eigenvalue weighted by Gasteiger charge is 2.13. The molecule has 1 atom stereocenters. The van der Waals surface area contributed by atoms with Crippen molar-refractivity contribution in [3.63, 3.8) is 0 Å². The van der Waals surface area contributed by atoms with Gasteiger partial charge in [0, 0.05) is 6.04 Å². The van der Waals surface area contributed by atoms with E-state index in [2.05, 4.69) is 49.5 Å². The third-order valence-corrected chi connectivity index (χ3v) is 3.93. The number of likely N-dealkylation sites (N-methyl/N-ethyl adjacent to an activating group) is 1. The third-order valence-electron chi connectivity index (χ3n) is 3.93. The Bertz CT molecular complexity index is 621. The quantitative estimate of drug-likeness (QED) is 0.913. The zero-order valence-electron chi connectivity index (χ0n) is 13.3. The number of carbonyl (C=O) groups is 1. The molecule has 0 aliphatic heterocycles. The lowest BCUT2D eigenvalue weighted by molar-refractivity contribution is -0.122. The molecular formula is C18H24N2O. The fourth-order valence-corrected chi connectivity index (χ4v) is 2.26. The number of fused-ring (bicyclic) bond motifs is 1. The number of hydrogen-bond acceptors (Lipinski definition) is 2. The number of nitrogens with one attached hydrogen (secondary N) is 1. The Labute approximate surface area is 127 Å². The molecule has 0 saturated carbocycles. The largest absolute Gasteiger partial charge is 0.348 e. The molecule has 0 spiro atoms. The summed E-state index contributed by atoms with van der Waals surface area (Å²) < 4.78 is 0. The topological polar surface area (TPSA) is 32.3 Å². The number of carbonyl (C=O) groups excluding carboxylic acids is 1. The van der Waals surface area contributed by atoms with Crippen LogP contribution in [0.4, 0.5) is 0 Å². The second-order valence-electron chi connectivity index (χ2n) is 5.90. The first-order chi connectivity index (χ1) is 9.97. The van der Waals surface area contributed by atoms with E-state index in [9.17, 15) is 4.79 Å². The molecule has 112 valence electrons. The number of hydrogen-bond donors (Lipinski definition) is 1. The van der Waals surface area contributed by atoms with Crippen LogP contribution < -0.4 is 5.32 Å². The molecule has 0 aromatic heterocycles. The van der Waals surface area contributed by atoms with Crippen LogP contribution in [0.15, 0.2) is 42.5 Å². The molecule has 0 bridgehead atoms. The lowest BCUT2D eigenvalue weighted by atomic mass is 10.0. The summed E-state index contributed by atoms with van der Waals surface area (Å²) in [5.74, 6) is 0.0619. The fraction of sp³-hybridized carbons (Fsp3) is 0.389. The van der Waals surface area contributed by atoms with Gasteiger partial charge in [0.25, 0.3) is 0 Å². The highest BCUT2D eigenvalue weighted by molar-refractivity contribution is 5.83. The minimum atomic E-state index is 0.0164. The van der Waals surface area contributed by atoms with Gasteiger partial charge < -0.3 is 5.32 Å². The van der Waals surface area contributed by atoms with Crippen LogP contribution in [0.5, 0.6) is 0 Å². The Kier molecular flexibility index (Phi) is 4.97. The zero-order chi connectivity index (χ0) is 15.4. The third kappa shape index (κ3) is 4.05. The van der Waals surface area contributed by atoms with Crippen LogP contribution in [0.25, 0.3) is 10.8 Å². The van der Waals surface area contributed by atoms with E-state index in [0.717, 1.165) is 5.56 Å². The molecule has 0 radical (unpaired) electrons. The predicted molar refractivity (Wildman–Crippen MR) is 88.3 cm³/mol. The van der Waals surface area contributed by atoms with E-state index < -0.39 is 0 Å². The van der Waals surface area contributed by atoms with E-state index in [4.69, 9.17) is 0 Å². The van der Waals surface area contributed by atoms with Gasteiger partial charge in [-0.1, -0.05) is 36.4 Å². The fourth-order valence-electron chi connectivity index (χ4n) is 2.26. The van der Waals surface area contributed by atoms with Gasteiger partial charge in [0.15, 0.2) is 0 Å². The van der Waals surface area contributed by atoms with E-state index in [-0.39, 0.29) is 11.9 Å². The SMILES string of the molecule is CC(C)N(C)CC(=O)N[C@H](C)c1ccc2ccccc2c1. The molecule has 2 aromatic rings. The standard InChI is InChI=1S/C18H24N2O/c1-13(2)20(4)12-18(21)19-14(3)16-10-9-15-7-5-6-8-17(15)11-16/h5-11,13-14H,12H2,1-4H3,(H,19,21)/t14-/m1/s1. The Hall–Kier alpha value is -1.87. The summed E-state index contributed by atoms with van der Waals surface area (Å²) in [5.41, 5.74) is 1.13. The van der Waals surface area contributed by atoms with E-state index in [1.807, 2.05) is 31.0 Å². The first kappa shape index (κ1) is 15.5. The maximum absolute atomic E-state index is 12.1. The van der Waals surface area contributed by atoms with Crippen LogP contribution in [0.2, 0.25) is 0 Å². The molecule has 2 aromatic carbocycles. The van der Waals surface area contributed by atoms with Crippen molar-refractivity contribution in [3.05, 3.63) is 48.0 Å². The molecule has 0 unspecified atom stereocenters. The Morgan fingerprint density at radius 2 is 1.76 bits per heavy atom. The minimum Gasteiger partial charge on any atom is -0.348 e. The van der Waals surface area contributed by atoms with Crippen molar-refractivity contribution in [1.29, 1.82) is 0 Å². The van der Waals surface area contributed by atoms with Crippen molar-refractivity contribution >= 4 is 16.7 Å². The molecule has 2 rings (SSSR count). The van der Waals surface area contributed by atoms with Crippen LogP contribution in [0.3, 0.4) is 0 Å². The Morgan fingerprint density at radius 1 is 1.10 bits per heavy atom. The maximum Gasteiger partial charge on any atom is 0.234 e. The van der Waals surface area contributed by atoms with Gasteiger partial charge in [-0.3, -0.25) is 9.69 Å². The second-order valence-corrected chi connectivity index (χ2v) is 5.90. The van der Waals surface area contributed by atoms with Crippen molar-refractivity contribution < 1.29 is 4.79 Å². The van der Waals surface area contributed by atoms with Gasteiger partial charge in [-0.05, 0) is 50.2 Å². The first-order valence-electron chi connectivity index (χ1n) is 7.45. The highest BCUT2D eigenvalue weighted by atomic mass is 16.2. The molecule has 21 heavy (non-hydrogen) atoms. The summed E-state index contributed by atoms with van der Waals surface area (Å²) in [6.45, 7) is 6.62. The van der Waals surface area contributed by atoms with Crippen LogP contribution in [0.1, 0.15) is 32.4 Å². The monoisotopic (exact) mass is 284 g/mol. The van der Waals surface area contributed by atoms with Crippen molar-refractivity contribution in [2.45, 2.75) is 32.9 Å². The average Bonchev–Trinajstić information content (AvgIpc) is 2.46. The number of benzene rings is 2. The number of rotatable bonds is 5. The molecule has 0 aliphatic rings. The van der Waals surface area contributed by atoms with E-state index in [1.54, 1.807) is 0 Å². The van der Waals surface area contributed by atoms with Gasteiger partial charge in [-0.25, -0.2) is 0 Å². The lowest BCUT2D eigenvalue weighted by Gasteiger charge is -2.22.